The molecular formula is C14H24N2O3S. The van der Waals surface area contributed by atoms with Crippen molar-refractivity contribution in [2.45, 2.75) is 25.2 Å². The van der Waals surface area contributed by atoms with Gasteiger partial charge in [-0.1, -0.05) is 0 Å². The van der Waals surface area contributed by atoms with E-state index in [2.05, 4.69) is 4.72 Å². The second-order valence-electron chi connectivity index (χ2n) is 5.14. The second kappa shape index (κ2) is 7.06. The summed E-state index contributed by atoms with van der Waals surface area (Å²) in [5.41, 5.74) is 1.50. The fraction of sp³-hybridized carbons (Fsp3) is 0.571. The third-order valence-corrected chi connectivity index (χ3v) is 4.66. The molecule has 0 saturated heterocycles. The molecule has 1 aromatic rings. The number of rotatable bonds is 7. The minimum absolute atomic E-state index is 0.320. The van der Waals surface area contributed by atoms with Gasteiger partial charge in [0.05, 0.1) is 12.0 Å². The molecule has 0 aliphatic heterocycles. The van der Waals surface area contributed by atoms with Crippen molar-refractivity contribution in [1.29, 1.82) is 0 Å². The summed E-state index contributed by atoms with van der Waals surface area (Å²) in [7, 11) is 2.05. The molecule has 0 unspecified atom stereocenters. The number of aryl methyl sites for hydroxylation is 2. The van der Waals surface area contributed by atoms with Gasteiger partial charge in [-0.15, -0.1) is 0 Å². The number of sulfonamides is 1. The predicted molar refractivity (Wildman–Crippen MR) is 80.8 cm³/mol. The van der Waals surface area contributed by atoms with Gasteiger partial charge in [0.15, 0.2) is 0 Å². The molecular weight excluding hydrogens is 276 g/mol. The van der Waals surface area contributed by atoms with E-state index in [9.17, 15) is 8.42 Å². The minimum atomic E-state index is -3.46. The lowest BCUT2D eigenvalue weighted by Crippen LogP contribution is -2.28. The molecule has 114 valence electrons. The topological polar surface area (TPSA) is 58.6 Å². The van der Waals surface area contributed by atoms with Crippen molar-refractivity contribution in [3.05, 3.63) is 23.3 Å². The summed E-state index contributed by atoms with van der Waals surface area (Å²) in [6, 6.07) is 3.41. The van der Waals surface area contributed by atoms with Crippen LogP contribution in [-0.2, 0) is 10.0 Å². The Morgan fingerprint density at radius 1 is 1.20 bits per heavy atom. The van der Waals surface area contributed by atoms with Gasteiger partial charge in [0.1, 0.15) is 5.75 Å². The average Bonchev–Trinajstić information content (AvgIpc) is 2.36. The predicted octanol–water partition coefficient (Wildman–Crippen LogP) is 1.54. The first kappa shape index (κ1) is 16.9. The van der Waals surface area contributed by atoms with Crippen LogP contribution < -0.4 is 9.46 Å². The normalized spacial score (nSPS) is 11.9. The third kappa shape index (κ3) is 4.47. The highest BCUT2D eigenvalue weighted by Gasteiger charge is 2.18. The van der Waals surface area contributed by atoms with Gasteiger partial charge in [-0.25, -0.2) is 13.1 Å². The Morgan fingerprint density at radius 2 is 1.85 bits per heavy atom. The van der Waals surface area contributed by atoms with Crippen molar-refractivity contribution >= 4 is 10.0 Å². The molecule has 0 bridgehead atoms. The van der Waals surface area contributed by atoms with E-state index in [0.29, 0.717) is 22.8 Å². The minimum Gasteiger partial charge on any atom is -0.496 e. The third-order valence-electron chi connectivity index (χ3n) is 3.06. The molecule has 5 nitrogen and oxygen atoms in total. The zero-order chi connectivity index (χ0) is 15.3. The number of ether oxygens (including phenoxy) is 1. The lowest BCUT2D eigenvalue weighted by atomic mass is 10.1. The summed E-state index contributed by atoms with van der Waals surface area (Å²) in [6.07, 6.45) is 0.778. The van der Waals surface area contributed by atoms with Crippen LogP contribution in [0, 0.1) is 13.8 Å². The fourth-order valence-corrected chi connectivity index (χ4v) is 3.34. The lowest BCUT2D eigenvalue weighted by molar-refractivity contribution is 0.400. The number of hydrogen-bond donors (Lipinski definition) is 1. The summed E-state index contributed by atoms with van der Waals surface area (Å²) in [6.45, 7) is 4.90. The molecule has 20 heavy (non-hydrogen) atoms. The molecule has 0 radical (unpaired) electrons. The lowest BCUT2D eigenvalue weighted by Gasteiger charge is -2.13. The molecule has 0 aromatic heterocycles. The highest BCUT2D eigenvalue weighted by atomic mass is 32.2. The fourth-order valence-electron chi connectivity index (χ4n) is 1.95. The van der Waals surface area contributed by atoms with Gasteiger partial charge in [0.25, 0.3) is 0 Å². The van der Waals surface area contributed by atoms with Gasteiger partial charge < -0.3 is 9.64 Å². The molecule has 1 aromatic carbocycles. The number of nitrogens with one attached hydrogen (secondary N) is 1. The molecule has 0 heterocycles. The van der Waals surface area contributed by atoms with Crippen LogP contribution >= 0.6 is 0 Å². The van der Waals surface area contributed by atoms with E-state index in [4.69, 9.17) is 4.74 Å². The van der Waals surface area contributed by atoms with Gasteiger partial charge >= 0.3 is 0 Å². The summed E-state index contributed by atoms with van der Waals surface area (Å²) >= 11 is 0. The monoisotopic (exact) mass is 300 g/mol. The Bertz CT molecular complexity index is 554. The Morgan fingerprint density at radius 3 is 2.40 bits per heavy atom. The SMILES string of the molecule is COc1cc(C)c(S(=O)(=O)NCCCN(C)C)cc1C. The van der Waals surface area contributed by atoms with Crippen molar-refractivity contribution in [3.8, 4) is 5.75 Å². The van der Waals surface area contributed by atoms with E-state index in [1.165, 1.54) is 0 Å². The van der Waals surface area contributed by atoms with E-state index in [1.807, 2.05) is 25.9 Å². The summed E-state index contributed by atoms with van der Waals surface area (Å²) < 4.78 is 32.4. The van der Waals surface area contributed by atoms with Crippen molar-refractivity contribution in [3.63, 3.8) is 0 Å². The Balaban J connectivity index is 2.85. The van der Waals surface area contributed by atoms with Crippen molar-refractivity contribution < 1.29 is 13.2 Å². The zero-order valence-electron chi connectivity index (χ0n) is 12.9. The number of benzene rings is 1. The van der Waals surface area contributed by atoms with Crippen LogP contribution in [-0.4, -0.2) is 47.6 Å². The van der Waals surface area contributed by atoms with Crippen molar-refractivity contribution in [2.24, 2.45) is 0 Å². The van der Waals surface area contributed by atoms with Crippen molar-refractivity contribution in [2.75, 3.05) is 34.3 Å². The first-order valence-electron chi connectivity index (χ1n) is 6.57. The second-order valence-corrected chi connectivity index (χ2v) is 6.88. The Hall–Kier alpha value is -1.11. The summed E-state index contributed by atoms with van der Waals surface area (Å²) in [5, 5.41) is 0. The molecule has 6 heteroatoms. The largest absolute Gasteiger partial charge is 0.496 e. The smallest absolute Gasteiger partial charge is 0.240 e. The van der Waals surface area contributed by atoms with Crippen LogP contribution in [0.3, 0.4) is 0 Å². The standard InChI is InChI=1S/C14H24N2O3S/c1-11-10-14(12(2)9-13(11)19-5)20(17,18)15-7-6-8-16(3)4/h9-10,15H,6-8H2,1-5H3. The highest BCUT2D eigenvalue weighted by molar-refractivity contribution is 7.89. The average molecular weight is 300 g/mol. The highest BCUT2D eigenvalue weighted by Crippen LogP contribution is 2.25. The van der Waals surface area contributed by atoms with E-state index in [-0.39, 0.29) is 0 Å². The quantitative estimate of drug-likeness (QED) is 0.776. The van der Waals surface area contributed by atoms with Gasteiger partial charge in [0, 0.05) is 6.54 Å². The number of methoxy groups -OCH3 is 1. The molecule has 0 saturated carbocycles. The first-order valence-corrected chi connectivity index (χ1v) is 8.06. The van der Waals surface area contributed by atoms with Gasteiger partial charge in [-0.2, -0.15) is 0 Å². The maximum atomic E-state index is 12.3. The van der Waals surface area contributed by atoms with Crippen LogP contribution in [0.4, 0.5) is 0 Å². The number of hydrogen-bond acceptors (Lipinski definition) is 4. The van der Waals surface area contributed by atoms with E-state index < -0.39 is 10.0 Å². The van der Waals surface area contributed by atoms with Gasteiger partial charge in [-0.3, -0.25) is 0 Å². The molecule has 0 atom stereocenters. The van der Waals surface area contributed by atoms with Crippen LogP contribution in [0.1, 0.15) is 17.5 Å². The van der Waals surface area contributed by atoms with Crippen LogP contribution in [0.2, 0.25) is 0 Å². The molecule has 0 aliphatic rings. The van der Waals surface area contributed by atoms with Crippen LogP contribution in [0.15, 0.2) is 17.0 Å². The summed E-state index contributed by atoms with van der Waals surface area (Å²) in [4.78, 5) is 2.34. The van der Waals surface area contributed by atoms with Crippen molar-refractivity contribution in [1.82, 2.24) is 9.62 Å². The Labute approximate surface area is 122 Å². The summed E-state index contributed by atoms with van der Waals surface area (Å²) in [5.74, 6) is 0.703. The van der Waals surface area contributed by atoms with E-state index in [0.717, 1.165) is 18.5 Å². The molecule has 0 fully saturated rings. The van der Waals surface area contributed by atoms with E-state index >= 15 is 0 Å². The molecule has 1 rings (SSSR count). The zero-order valence-corrected chi connectivity index (χ0v) is 13.7. The first-order chi connectivity index (χ1) is 9.27. The maximum Gasteiger partial charge on any atom is 0.240 e. The molecule has 1 N–H and O–H groups in total. The van der Waals surface area contributed by atoms with Gasteiger partial charge in [-0.05, 0) is 64.2 Å². The Kier molecular flexibility index (Phi) is 5.98. The van der Waals surface area contributed by atoms with Crippen LogP contribution in [0.5, 0.6) is 5.75 Å². The molecule has 0 spiro atoms. The molecule has 0 amide bonds. The maximum absolute atomic E-state index is 12.3. The van der Waals surface area contributed by atoms with Gasteiger partial charge in [0.2, 0.25) is 10.0 Å². The number of nitrogens with zero attached hydrogens (tertiary/aromatic N) is 1. The van der Waals surface area contributed by atoms with E-state index in [1.54, 1.807) is 26.2 Å². The molecule has 0 aliphatic carbocycles. The van der Waals surface area contributed by atoms with Crippen LogP contribution in [0.25, 0.3) is 0 Å².